The Morgan fingerprint density at radius 2 is 2.19 bits per heavy atom. The number of hydrogen-bond acceptors (Lipinski definition) is 6. The van der Waals surface area contributed by atoms with Crippen LogP contribution in [-0.2, 0) is 9.53 Å². The van der Waals surface area contributed by atoms with Gasteiger partial charge < -0.3 is 4.74 Å². The van der Waals surface area contributed by atoms with Crippen LogP contribution in [0.1, 0.15) is 37.9 Å². The number of ether oxygens (including phenoxy) is 1. The first-order valence-electron chi connectivity index (χ1n) is 6.77. The number of rotatable bonds is 5. The van der Waals surface area contributed by atoms with Gasteiger partial charge in [-0.3, -0.25) is 10.1 Å². The molecular formula is C13H18N4O3S. The van der Waals surface area contributed by atoms with E-state index in [1.165, 1.54) is 0 Å². The zero-order chi connectivity index (χ0) is 15.4. The zero-order valence-electron chi connectivity index (χ0n) is 12.2. The number of carbonyl (C=O) groups is 2. The van der Waals surface area contributed by atoms with E-state index in [0.717, 1.165) is 30.1 Å². The van der Waals surface area contributed by atoms with Gasteiger partial charge in [0.2, 0.25) is 5.91 Å². The number of anilines is 1. The predicted octanol–water partition coefficient (Wildman–Crippen LogP) is 2.27. The fourth-order valence-electron chi connectivity index (χ4n) is 1.77. The number of hydrazone groups is 1. The van der Waals surface area contributed by atoms with Gasteiger partial charge >= 0.3 is 6.09 Å². The molecule has 0 spiro atoms. The van der Waals surface area contributed by atoms with Gasteiger partial charge in [-0.2, -0.15) is 9.47 Å². The van der Waals surface area contributed by atoms with Crippen LogP contribution in [-0.4, -0.2) is 28.7 Å². The van der Waals surface area contributed by atoms with Crippen molar-refractivity contribution in [3.63, 3.8) is 0 Å². The Balaban J connectivity index is 2.09. The predicted molar refractivity (Wildman–Crippen MR) is 80.6 cm³/mol. The van der Waals surface area contributed by atoms with Gasteiger partial charge in [0.25, 0.3) is 0 Å². The SMILES string of the molecule is CCOC(=O)Nc1snc(C)c1/C(C)=N/NC(=O)C1CC1. The summed E-state index contributed by atoms with van der Waals surface area (Å²) < 4.78 is 9.05. The van der Waals surface area contributed by atoms with Crippen LogP contribution >= 0.6 is 11.5 Å². The molecule has 1 heterocycles. The summed E-state index contributed by atoms with van der Waals surface area (Å²) in [7, 11) is 0. The molecule has 1 saturated carbocycles. The maximum atomic E-state index is 11.6. The molecule has 1 aromatic heterocycles. The third-order valence-corrected chi connectivity index (χ3v) is 3.85. The molecule has 0 radical (unpaired) electrons. The number of nitrogens with zero attached hydrogens (tertiary/aromatic N) is 2. The lowest BCUT2D eigenvalue weighted by atomic mass is 10.2. The second-order valence-corrected chi connectivity index (χ2v) is 5.54. The number of nitrogens with one attached hydrogen (secondary N) is 2. The van der Waals surface area contributed by atoms with E-state index in [-0.39, 0.29) is 11.8 Å². The summed E-state index contributed by atoms with van der Waals surface area (Å²) in [6.07, 6.45) is 1.32. The fraction of sp³-hybridized carbons (Fsp3) is 0.538. The summed E-state index contributed by atoms with van der Waals surface area (Å²) in [6.45, 7) is 5.62. The van der Waals surface area contributed by atoms with E-state index >= 15 is 0 Å². The summed E-state index contributed by atoms with van der Waals surface area (Å²) in [4.78, 5) is 23.1. The minimum atomic E-state index is -0.530. The topological polar surface area (TPSA) is 92.7 Å². The molecule has 0 saturated heterocycles. The van der Waals surface area contributed by atoms with Gasteiger partial charge in [-0.05, 0) is 45.1 Å². The molecule has 0 aromatic carbocycles. The molecule has 0 unspecified atom stereocenters. The summed E-state index contributed by atoms with van der Waals surface area (Å²) in [5, 5.41) is 7.29. The number of carbonyl (C=O) groups excluding carboxylic acids is 2. The highest BCUT2D eigenvalue weighted by atomic mass is 32.1. The van der Waals surface area contributed by atoms with E-state index < -0.39 is 6.09 Å². The number of aromatic nitrogens is 1. The van der Waals surface area contributed by atoms with Gasteiger partial charge in [0, 0.05) is 5.92 Å². The molecule has 21 heavy (non-hydrogen) atoms. The Hall–Kier alpha value is -1.96. The van der Waals surface area contributed by atoms with Crippen molar-refractivity contribution < 1.29 is 14.3 Å². The van der Waals surface area contributed by atoms with E-state index in [1.54, 1.807) is 13.8 Å². The Morgan fingerprint density at radius 3 is 2.81 bits per heavy atom. The molecule has 7 nitrogen and oxygen atoms in total. The van der Waals surface area contributed by atoms with Gasteiger partial charge in [0.15, 0.2) is 0 Å². The lowest BCUT2D eigenvalue weighted by molar-refractivity contribution is -0.122. The van der Waals surface area contributed by atoms with Gasteiger partial charge in [-0.15, -0.1) is 0 Å². The highest BCUT2D eigenvalue weighted by Gasteiger charge is 2.29. The number of hydrogen-bond donors (Lipinski definition) is 2. The van der Waals surface area contributed by atoms with Crippen molar-refractivity contribution in [1.29, 1.82) is 0 Å². The third-order valence-electron chi connectivity index (χ3n) is 3.00. The van der Waals surface area contributed by atoms with Crippen molar-refractivity contribution >= 4 is 34.2 Å². The monoisotopic (exact) mass is 310 g/mol. The minimum Gasteiger partial charge on any atom is -0.450 e. The molecule has 114 valence electrons. The second-order valence-electron chi connectivity index (χ2n) is 4.77. The summed E-state index contributed by atoms with van der Waals surface area (Å²) in [5.41, 5.74) is 4.60. The van der Waals surface area contributed by atoms with Gasteiger partial charge in [0.05, 0.1) is 23.6 Å². The van der Waals surface area contributed by atoms with Crippen molar-refractivity contribution in [2.45, 2.75) is 33.6 Å². The molecule has 0 bridgehead atoms. The van der Waals surface area contributed by atoms with Gasteiger partial charge in [-0.1, -0.05) is 0 Å². The minimum absolute atomic E-state index is 0.0601. The number of amides is 2. The molecule has 1 fully saturated rings. The van der Waals surface area contributed by atoms with Crippen LogP contribution in [0.4, 0.5) is 9.80 Å². The van der Waals surface area contributed by atoms with E-state index in [1.807, 2.05) is 6.92 Å². The highest BCUT2D eigenvalue weighted by Crippen LogP contribution is 2.29. The normalized spacial score (nSPS) is 14.7. The Labute approximate surface area is 126 Å². The van der Waals surface area contributed by atoms with Crippen LogP contribution in [0.25, 0.3) is 0 Å². The van der Waals surface area contributed by atoms with Gasteiger partial charge in [0.1, 0.15) is 5.00 Å². The van der Waals surface area contributed by atoms with E-state index in [9.17, 15) is 9.59 Å². The Morgan fingerprint density at radius 1 is 1.48 bits per heavy atom. The summed E-state index contributed by atoms with van der Waals surface area (Å²) in [6, 6.07) is 0. The first-order chi connectivity index (χ1) is 10.0. The maximum absolute atomic E-state index is 11.6. The third kappa shape index (κ3) is 4.01. The smallest absolute Gasteiger partial charge is 0.412 e. The van der Waals surface area contributed by atoms with Crippen LogP contribution in [0.15, 0.2) is 5.10 Å². The van der Waals surface area contributed by atoms with Crippen LogP contribution < -0.4 is 10.7 Å². The zero-order valence-corrected chi connectivity index (χ0v) is 13.0. The molecular weight excluding hydrogens is 292 g/mol. The molecule has 0 aliphatic heterocycles. The lowest BCUT2D eigenvalue weighted by Gasteiger charge is -2.06. The molecule has 8 heteroatoms. The molecule has 1 aliphatic rings. The van der Waals surface area contributed by atoms with Crippen molar-refractivity contribution in [2.75, 3.05) is 11.9 Å². The Kier molecular flexibility index (Phi) is 4.89. The van der Waals surface area contributed by atoms with Crippen LogP contribution in [0, 0.1) is 12.8 Å². The van der Waals surface area contributed by atoms with Crippen molar-refractivity contribution in [2.24, 2.45) is 11.0 Å². The van der Waals surface area contributed by atoms with Crippen LogP contribution in [0.3, 0.4) is 0 Å². The molecule has 1 aromatic rings. The molecule has 0 atom stereocenters. The van der Waals surface area contributed by atoms with Crippen molar-refractivity contribution in [1.82, 2.24) is 9.80 Å². The lowest BCUT2D eigenvalue weighted by Crippen LogP contribution is -2.21. The summed E-state index contributed by atoms with van der Waals surface area (Å²) >= 11 is 1.16. The van der Waals surface area contributed by atoms with Crippen LogP contribution in [0.5, 0.6) is 0 Å². The highest BCUT2D eigenvalue weighted by molar-refractivity contribution is 7.11. The first kappa shape index (κ1) is 15.4. The second kappa shape index (κ2) is 6.66. The van der Waals surface area contributed by atoms with Gasteiger partial charge in [-0.25, -0.2) is 10.2 Å². The molecule has 2 rings (SSSR count). The maximum Gasteiger partial charge on any atom is 0.412 e. The summed E-state index contributed by atoms with van der Waals surface area (Å²) in [5.74, 6) is 0.0375. The van der Waals surface area contributed by atoms with Crippen molar-refractivity contribution in [3.8, 4) is 0 Å². The fourth-order valence-corrected chi connectivity index (χ4v) is 2.61. The van der Waals surface area contributed by atoms with Crippen LogP contribution in [0.2, 0.25) is 0 Å². The van der Waals surface area contributed by atoms with E-state index in [0.29, 0.717) is 22.9 Å². The average molecular weight is 310 g/mol. The van der Waals surface area contributed by atoms with Crippen molar-refractivity contribution in [3.05, 3.63) is 11.3 Å². The molecule has 2 N–H and O–H groups in total. The standard InChI is InChI=1S/C13H18N4O3S/c1-4-20-13(19)14-12-10(8(3)17-21-12)7(2)15-16-11(18)9-5-6-9/h9H,4-6H2,1-3H3,(H,14,19)(H,16,18)/b15-7+. The quantitative estimate of drug-likeness (QED) is 0.644. The van der Waals surface area contributed by atoms with E-state index in [2.05, 4.69) is 20.2 Å². The number of aryl methyl sites for hydroxylation is 1. The molecule has 1 aliphatic carbocycles. The molecule has 2 amide bonds. The Bertz CT molecular complexity index is 578. The van der Waals surface area contributed by atoms with E-state index in [4.69, 9.17) is 4.74 Å². The largest absolute Gasteiger partial charge is 0.450 e. The average Bonchev–Trinajstić information content (AvgIpc) is 3.22. The first-order valence-corrected chi connectivity index (χ1v) is 7.54.